The summed E-state index contributed by atoms with van der Waals surface area (Å²) in [6, 6.07) is 3.66. The maximum atomic E-state index is 10.3. The second-order valence-corrected chi connectivity index (χ2v) is 2.06. The number of benzene rings is 1. The van der Waals surface area contributed by atoms with Crippen LogP contribution in [0.25, 0.3) is 0 Å². The molecule has 4 nitrogen and oxygen atoms in total. The van der Waals surface area contributed by atoms with Gasteiger partial charge in [0.2, 0.25) is 0 Å². The number of phenols is 1. The van der Waals surface area contributed by atoms with Crippen LogP contribution in [0.15, 0.2) is 18.2 Å². The number of carbonyl (C=O) groups is 1. The van der Waals surface area contributed by atoms with E-state index in [0.29, 0.717) is 0 Å². The predicted octanol–water partition coefficient (Wildman–Crippen LogP) is -3.66. The minimum absolute atomic E-state index is 0. The first-order chi connectivity index (χ1) is 5.11. The number of hydrogen-bond acceptors (Lipinski definition) is 4. The monoisotopic (exact) mass is 191 g/mol. The van der Waals surface area contributed by atoms with Gasteiger partial charge < -0.3 is 20.7 Å². The Morgan fingerprint density at radius 3 is 2.50 bits per heavy atom. The zero-order valence-electron chi connectivity index (χ0n) is 6.57. The van der Waals surface area contributed by atoms with Crippen LogP contribution in [0.3, 0.4) is 0 Å². The van der Waals surface area contributed by atoms with E-state index < -0.39 is 5.97 Å². The SMILES string of the molecule is Nc1ccc(O)cc1C(=O)[O-].[K+]. The van der Waals surface area contributed by atoms with E-state index in [1.165, 1.54) is 12.1 Å². The first-order valence-corrected chi connectivity index (χ1v) is 2.91. The summed E-state index contributed by atoms with van der Waals surface area (Å²) in [6.07, 6.45) is 0. The van der Waals surface area contributed by atoms with Crippen molar-refractivity contribution >= 4 is 11.7 Å². The van der Waals surface area contributed by atoms with Crippen molar-refractivity contribution in [3.05, 3.63) is 23.8 Å². The Morgan fingerprint density at radius 1 is 1.50 bits per heavy atom. The summed E-state index contributed by atoms with van der Waals surface area (Å²) in [6.45, 7) is 0. The molecule has 1 rings (SSSR count). The van der Waals surface area contributed by atoms with Crippen molar-refractivity contribution in [2.75, 3.05) is 5.73 Å². The van der Waals surface area contributed by atoms with Crippen LogP contribution in [-0.2, 0) is 0 Å². The number of carboxylic acid groups (broad SMARTS) is 1. The van der Waals surface area contributed by atoms with Gasteiger partial charge in [0, 0.05) is 11.3 Å². The first kappa shape index (κ1) is 11.9. The maximum absolute atomic E-state index is 10.3. The van der Waals surface area contributed by atoms with Gasteiger partial charge in [0.25, 0.3) is 0 Å². The van der Waals surface area contributed by atoms with Crippen LogP contribution in [0.5, 0.6) is 5.75 Å². The van der Waals surface area contributed by atoms with Crippen LogP contribution >= 0.6 is 0 Å². The Hall–Kier alpha value is -0.0736. The molecule has 0 fully saturated rings. The molecule has 0 spiro atoms. The topological polar surface area (TPSA) is 86.4 Å². The molecular formula is C7H6KNO3. The van der Waals surface area contributed by atoms with Crippen molar-refractivity contribution in [1.29, 1.82) is 0 Å². The molecule has 0 saturated carbocycles. The predicted molar refractivity (Wildman–Crippen MR) is 36.8 cm³/mol. The van der Waals surface area contributed by atoms with E-state index in [1.807, 2.05) is 0 Å². The van der Waals surface area contributed by atoms with E-state index in [-0.39, 0.29) is 68.4 Å². The zero-order chi connectivity index (χ0) is 8.43. The Bertz CT molecular complexity index is 301. The average Bonchev–Trinajstić information content (AvgIpc) is 1.94. The molecule has 0 aromatic heterocycles. The van der Waals surface area contributed by atoms with Gasteiger partial charge in [-0.1, -0.05) is 0 Å². The van der Waals surface area contributed by atoms with Gasteiger partial charge in [-0.2, -0.15) is 0 Å². The molecule has 0 bridgehead atoms. The van der Waals surface area contributed by atoms with Crippen molar-refractivity contribution in [1.82, 2.24) is 0 Å². The largest absolute Gasteiger partial charge is 1.00 e. The number of nitrogens with two attached hydrogens (primary N) is 1. The van der Waals surface area contributed by atoms with E-state index >= 15 is 0 Å². The van der Waals surface area contributed by atoms with Crippen molar-refractivity contribution in [3.8, 4) is 5.75 Å². The van der Waals surface area contributed by atoms with Crippen LogP contribution in [0, 0.1) is 0 Å². The Labute approximate surface area is 112 Å². The second-order valence-electron chi connectivity index (χ2n) is 2.06. The number of anilines is 1. The summed E-state index contributed by atoms with van der Waals surface area (Å²) < 4.78 is 0. The number of carbonyl (C=O) groups excluding carboxylic acids is 1. The third-order valence-corrected chi connectivity index (χ3v) is 1.26. The molecule has 0 aliphatic heterocycles. The number of aromatic carboxylic acids is 1. The van der Waals surface area contributed by atoms with Crippen molar-refractivity contribution in [3.63, 3.8) is 0 Å². The molecule has 12 heavy (non-hydrogen) atoms. The van der Waals surface area contributed by atoms with E-state index in [2.05, 4.69) is 0 Å². The van der Waals surface area contributed by atoms with Crippen molar-refractivity contribution in [2.45, 2.75) is 0 Å². The normalized spacial score (nSPS) is 8.67. The molecule has 0 aliphatic rings. The van der Waals surface area contributed by atoms with Gasteiger partial charge in [-0.25, -0.2) is 0 Å². The fourth-order valence-electron chi connectivity index (χ4n) is 0.721. The van der Waals surface area contributed by atoms with Gasteiger partial charge in [0.1, 0.15) is 5.75 Å². The number of hydrogen-bond donors (Lipinski definition) is 2. The molecule has 58 valence electrons. The van der Waals surface area contributed by atoms with Crippen molar-refractivity contribution in [2.24, 2.45) is 0 Å². The molecule has 5 heteroatoms. The number of aromatic hydroxyl groups is 1. The zero-order valence-corrected chi connectivity index (χ0v) is 9.70. The summed E-state index contributed by atoms with van der Waals surface area (Å²) in [5.74, 6) is -1.53. The molecule has 0 saturated heterocycles. The molecule has 0 aliphatic carbocycles. The molecule has 0 radical (unpaired) electrons. The third-order valence-electron chi connectivity index (χ3n) is 1.26. The van der Waals surface area contributed by atoms with Crippen LogP contribution in [0.4, 0.5) is 5.69 Å². The standard InChI is InChI=1S/C7H7NO3.K/c8-6-2-1-4(9)3-5(6)7(10)11;/h1-3,9H,8H2,(H,10,11);/q;+1/p-1. The van der Waals surface area contributed by atoms with E-state index in [9.17, 15) is 9.90 Å². The summed E-state index contributed by atoms with van der Waals surface area (Å²) in [7, 11) is 0. The van der Waals surface area contributed by atoms with Gasteiger partial charge in [0.15, 0.2) is 0 Å². The quantitative estimate of drug-likeness (QED) is 0.272. The van der Waals surface area contributed by atoms with Gasteiger partial charge in [-0.15, -0.1) is 0 Å². The third kappa shape index (κ3) is 2.76. The fourth-order valence-corrected chi connectivity index (χ4v) is 0.721. The first-order valence-electron chi connectivity index (χ1n) is 2.91. The molecule has 0 unspecified atom stereocenters. The number of rotatable bonds is 1. The summed E-state index contributed by atoms with van der Waals surface area (Å²) >= 11 is 0. The molecule has 0 atom stereocenters. The van der Waals surface area contributed by atoms with Gasteiger partial charge in [-0.05, 0) is 18.2 Å². The number of carboxylic acids is 1. The van der Waals surface area contributed by atoms with Crippen LogP contribution in [0.2, 0.25) is 0 Å². The average molecular weight is 191 g/mol. The smallest absolute Gasteiger partial charge is 0.545 e. The molecule has 0 amide bonds. The Kier molecular flexibility index (Phi) is 4.80. The molecule has 3 N–H and O–H groups in total. The molecule has 1 aromatic rings. The van der Waals surface area contributed by atoms with Crippen molar-refractivity contribution < 1.29 is 66.4 Å². The molecule has 0 heterocycles. The molecular weight excluding hydrogens is 185 g/mol. The van der Waals surface area contributed by atoms with Crippen LogP contribution < -0.4 is 62.2 Å². The summed E-state index contributed by atoms with van der Waals surface area (Å²) in [4.78, 5) is 10.3. The van der Waals surface area contributed by atoms with Gasteiger partial charge in [0.05, 0.1) is 5.97 Å². The minimum atomic E-state index is -1.39. The maximum Gasteiger partial charge on any atom is 1.00 e. The van der Waals surface area contributed by atoms with E-state index in [4.69, 9.17) is 10.8 Å². The Balaban J connectivity index is 0.00000121. The van der Waals surface area contributed by atoms with E-state index in [0.717, 1.165) is 6.07 Å². The summed E-state index contributed by atoms with van der Waals surface area (Å²) in [5, 5.41) is 19.1. The Morgan fingerprint density at radius 2 is 2.08 bits per heavy atom. The number of phenolic OH excluding ortho intramolecular Hbond substituents is 1. The van der Waals surface area contributed by atoms with Crippen LogP contribution in [0.1, 0.15) is 10.4 Å². The fraction of sp³-hybridized carbons (Fsp3) is 0. The van der Waals surface area contributed by atoms with Gasteiger partial charge >= 0.3 is 51.4 Å². The molecule has 1 aromatic carbocycles. The van der Waals surface area contributed by atoms with Gasteiger partial charge in [-0.3, -0.25) is 0 Å². The van der Waals surface area contributed by atoms with E-state index in [1.54, 1.807) is 0 Å². The number of nitrogen functional groups attached to an aromatic ring is 1. The van der Waals surface area contributed by atoms with Crippen LogP contribution in [-0.4, -0.2) is 11.1 Å². The minimum Gasteiger partial charge on any atom is -0.545 e. The summed E-state index contributed by atoms with van der Waals surface area (Å²) in [5.41, 5.74) is 5.15. The second kappa shape index (κ2) is 4.83.